The molecule has 1 heterocycles. The summed E-state index contributed by atoms with van der Waals surface area (Å²) in [5, 5.41) is 5.19. The maximum Gasteiger partial charge on any atom is 0.127 e. The zero-order chi connectivity index (χ0) is 12.4. The minimum Gasteiger partial charge on any atom is -0.249 e. The van der Waals surface area contributed by atoms with Gasteiger partial charge in [0, 0.05) is 4.47 Å². The van der Waals surface area contributed by atoms with Gasteiger partial charge in [0.25, 0.3) is 0 Å². The third-order valence-electron chi connectivity index (χ3n) is 2.59. The van der Waals surface area contributed by atoms with Gasteiger partial charge in [0.2, 0.25) is 0 Å². The van der Waals surface area contributed by atoms with E-state index in [0.29, 0.717) is 17.6 Å². The Bertz CT molecular complexity index is 503. The first kappa shape index (κ1) is 12.7. The van der Waals surface area contributed by atoms with Crippen LogP contribution in [-0.2, 0) is 6.54 Å². The Labute approximate surface area is 115 Å². The average molecular weight is 314 g/mol. The summed E-state index contributed by atoms with van der Waals surface area (Å²) >= 11 is 9.58. The second kappa shape index (κ2) is 5.23. The molecule has 0 aliphatic rings. The van der Waals surface area contributed by atoms with Crippen LogP contribution in [0.2, 0.25) is 5.15 Å². The Morgan fingerprint density at radius 1 is 1.29 bits per heavy atom. The molecule has 17 heavy (non-hydrogen) atoms. The molecule has 2 aromatic rings. The summed E-state index contributed by atoms with van der Waals surface area (Å²) in [7, 11) is 0. The largest absolute Gasteiger partial charge is 0.249 e. The van der Waals surface area contributed by atoms with Crippen LogP contribution in [0.1, 0.15) is 31.0 Å². The summed E-state index contributed by atoms with van der Waals surface area (Å²) in [6, 6.07) is 10.1. The number of nitrogens with zero attached hydrogens (tertiary/aromatic N) is 2. The topological polar surface area (TPSA) is 17.8 Å². The minimum absolute atomic E-state index is 0.402. The van der Waals surface area contributed by atoms with E-state index >= 15 is 0 Å². The maximum atomic E-state index is 6.16. The predicted octanol–water partition coefficient (Wildman–Crippen LogP) is 4.47. The molecule has 90 valence electrons. The number of benzene rings is 1. The monoisotopic (exact) mass is 312 g/mol. The lowest BCUT2D eigenvalue weighted by Crippen LogP contribution is -2.02. The summed E-state index contributed by atoms with van der Waals surface area (Å²) in [6.07, 6.45) is 0. The fourth-order valence-electron chi connectivity index (χ4n) is 1.57. The van der Waals surface area contributed by atoms with Gasteiger partial charge < -0.3 is 0 Å². The molecule has 0 aliphatic carbocycles. The van der Waals surface area contributed by atoms with E-state index in [4.69, 9.17) is 11.6 Å². The van der Waals surface area contributed by atoms with Gasteiger partial charge in [-0.2, -0.15) is 5.10 Å². The lowest BCUT2D eigenvalue weighted by molar-refractivity contribution is 0.658. The molecule has 1 aromatic carbocycles. The molecule has 4 heteroatoms. The number of aromatic nitrogens is 2. The van der Waals surface area contributed by atoms with Gasteiger partial charge in [-0.1, -0.05) is 53.5 Å². The molecule has 0 saturated carbocycles. The van der Waals surface area contributed by atoms with Crippen molar-refractivity contribution in [1.82, 2.24) is 9.78 Å². The normalized spacial score (nSPS) is 11.1. The minimum atomic E-state index is 0.402. The standard InChI is InChI=1S/C13H14BrClN2/c1-9(2)12-7-13(15)17(16-12)8-10-3-5-11(14)6-4-10/h3-7,9H,8H2,1-2H3. The molecule has 0 N–H and O–H groups in total. The average Bonchev–Trinajstić information content (AvgIpc) is 2.64. The van der Waals surface area contributed by atoms with E-state index in [1.54, 1.807) is 0 Å². The molecule has 0 unspecified atom stereocenters. The molecule has 0 bridgehead atoms. The third-order valence-corrected chi connectivity index (χ3v) is 3.42. The van der Waals surface area contributed by atoms with E-state index in [1.807, 2.05) is 22.9 Å². The molecule has 2 rings (SSSR count). The van der Waals surface area contributed by atoms with Gasteiger partial charge in [0.1, 0.15) is 5.15 Å². The molecule has 0 amide bonds. The van der Waals surface area contributed by atoms with Crippen LogP contribution in [0, 0.1) is 0 Å². The number of hydrogen-bond donors (Lipinski definition) is 0. The van der Waals surface area contributed by atoms with Crippen molar-refractivity contribution in [1.29, 1.82) is 0 Å². The van der Waals surface area contributed by atoms with E-state index < -0.39 is 0 Å². The van der Waals surface area contributed by atoms with Crippen LogP contribution in [0.25, 0.3) is 0 Å². The van der Waals surface area contributed by atoms with Crippen LogP contribution < -0.4 is 0 Å². The second-order valence-electron chi connectivity index (χ2n) is 4.33. The highest BCUT2D eigenvalue weighted by Crippen LogP contribution is 2.19. The van der Waals surface area contributed by atoms with E-state index in [-0.39, 0.29) is 0 Å². The van der Waals surface area contributed by atoms with Gasteiger partial charge in [0.15, 0.2) is 0 Å². The number of rotatable bonds is 3. The summed E-state index contributed by atoms with van der Waals surface area (Å²) in [4.78, 5) is 0. The van der Waals surface area contributed by atoms with Crippen LogP contribution in [-0.4, -0.2) is 9.78 Å². The Balaban J connectivity index is 2.21. The van der Waals surface area contributed by atoms with Crippen molar-refractivity contribution >= 4 is 27.5 Å². The quantitative estimate of drug-likeness (QED) is 0.817. The summed E-state index contributed by atoms with van der Waals surface area (Å²) in [5.74, 6) is 0.402. The zero-order valence-corrected chi connectivity index (χ0v) is 12.2. The van der Waals surface area contributed by atoms with Crippen LogP contribution in [0.15, 0.2) is 34.8 Å². The highest BCUT2D eigenvalue weighted by Gasteiger charge is 2.09. The van der Waals surface area contributed by atoms with Crippen LogP contribution in [0.4, 0.5) is 0 Å². The lowest BCUT2D eigenvalue weighted by atomic mass is 10.1. The molecule has 0 radical (unpaired) electrons. The number of halogens is 2. The molecular weight excluding hydrogens is 300 g/mol. The molecule has 1 aromatic heterocycles. The van der Waals surface area contributed by atoms with Crippen molar-refractivity contribution in [2.45, 2.75) is 26.3 Å². The fourth-order valence-corrected chi connectivity index (χ4v) is 2.04. The van der Waals surface area contributed by atoms with Gasteiger partial charge in [-0.15, -0.1) is 0 Å². The first-order chi connectivity index (χ1) is 8.06. The van der Waals surface area contributed by atoms with Gasteiger partial charge in [-0.25, -0.2) is 4.68 Å². The molecule has 0 fully saturated rings. The molecule has 0 atom stereocenters. The van der Waals surface area contributed by atoms with Crippen molar-refractivity contribution < 1.29 is 0 Å². The van der Waals surface area contributed by atoms with Crippen molar-refractivity contribution in [3.8, 4) is 0 Å². The molecule has 0 spiro atoms. The van der Waals surface area contributed by atoms with Gasteiger partial charge in [0.05, 0.1) is 12.2 Å². The van der Waals surface area contributed by atoms with Crippen LogP contribution in [0.3, 0.4) is 0 Å². The first-order valence-electron chi connectivity index (χ1n) is 5.54. The maximum absolute atomic E-state index is 6.16. The second-order valence-corrected chi connectivity index (χ2v) is 5.63. The lowest BCUT2D eigenvalue weighted by Gasteiger charge is -2.04. The Morgan fingerprint density at radius 2 is 1.94 bits per heavy atom. The molecular formula is C13H14BrClN2. The van der Waals surface area contributed by atoms with Crippen molar-refractivity contribution in [3.63, 3.8) is 0 Å². The van der Waals surface area contributed by atoms with E-state index in [2.05, 4.69) is 47.0 Å². The third kappa shape index (κ3) is 3.11. The van der Waals surface area contributed by atoms with E-state index in [9.17, 15) is 0 Å². The molecule has 0 saturated heterocycles. The first-order valence-corrected chi connectivity index (χ1v) is 6.71. The van der Waals surface area contributed by atoms with Crippen LogP contribution in [0.5, 0.6) is 0 Å². The summed E-state index contributed by atoms with van der Waals surface area (Å²) < 4.78 is 2.91. The van der Waals surface area contributed by atoms with Gasteiger partial charge in [-0.05, 0) is 29.7 Å². The highest BCUT2D eigenvalue weighted by molar-refractivity contribution is 9.10. The number of hydrogen-bond acceptors (Lipinski definition) is 1. The molecule has 2 nitrogen and oxygen atoms in total. The Morgan fingerprint density at radius 3 is 2.47 bits per heavy atom. The molecule has 0 aliphatic heterocycles. The van der Waals surface area contributed by atoms with Crippen molar-refractivity contribution in [3.05, 3.63) is 51.2 Å². The van der Waals surface area contributed by atoms with Crippen molar-refractivity contribution in [2.75, 3.05) is 0 Å². The SMILES string of the molecule is CC(C)c1cc(Cl)n(Cc2ccc(Br)cc2)n1. The Hall–Kier alpha value is -0.800. The van der Waals surface area contributed by atoms with Crippen LogP contribution >= 0.6 is 27.5 Å². The smallest absolute Gasteiger partial charge is 0.127 e. The summed E-state index contributed by atoms with van der Waals surface area (Å²) in [6.45, 7) is 4.93. The summed E-state index contributed by atoms with van der Waals surface area (Å²) in [5.41, 5.74) is 2.22. The zero-order valence-electron chi connectivity index (χ0n) is 9.82. The fraction of sp³-hybridized carbons (Fsp3) is 0.308. The van der Waals surface area contributed by atoms with Crippen molar-refractivity contribution in [2.24, 2.45) is 0 Å². The predicted molar refractivity (Wildman–Crippen MR) is 74.6 cm³/mol. The van der Waals surface area contributed by atoms with E-state index in [1.165, 1.54) is 5.56 Å². The Kier molecular flexibility index (Phi) is 3.89. The highest BCUT2D eigenvalue weighted by atomic mass is 79.9. The van der Waals surface area contributed by atoms with E-state index in [0.717, 1.165) is 10.2 Å². The van der Waals surface area contributed by atoms with Gasteiger partial charge >= 0.3 is 0 Å². The van der Waals surface area contributed by atoms with Gasteiger partial charge in [-0.3, -0.25) is 0 Å².